The number of rotatable bonds is 7. The minimum absolute atomic E-state index is 0.263. The van der Waals surface area contributed by atoms with Gasteiger partial charge in [0, 0.05) is 11.0 Å². The molecule has 1 aliphatic carbocycles. The van der Waals surface area contributed by atoms with E-state index in [9.17, 15) is 8.42 Å². The average molecular weight is 374 g/mol. The van der Waals surface area contributed by atoms with Crippen LogP contribution < -0.4 is 4.72 Å². The first-order valence-electron chi connectivity index (χ1n) is 7.74. The number of aryl methyl sites for hydroxylation is 1. The van der Waals surface area contributed by atoms with Gasteiger partial charge in [-0.05, 0) is 49.3 Å². The predicted octanol–water partition coefficient (Wildman–Crippen LogP) is 4.34. The topological polar surface area (TPSA) is 46.2 Å². The van der Waals surface area contributed by atoms with Gasteiger partial charge < -0.3 is 0 Å². The van der Waals surface area contributed by atoms with Crippen LogP contribution in [0.2, 0.25) is 0 Å². The number of anilines is 1. The third-order valence-corrected chi connectivity index (χ3v) is 6.00. The maximum atomic E-state index is 12.3. The van der Waals surface area contributed by atoms with Gasteiger partial charge in [0.15, 0.2) is 0 Å². The average Bonchev–Trinajstić information content (AvgIpc) is 2.45. The molecule has 5 heteroatoms. The highest BCUT2D eigenvalue weighted by molar-refractivity contribution is 9.09. The second-order valence-corrected chi connectivity index (χ2v) is 8.44. The van der Waals surface area contributed by atoms with Gasteiger partial charge in [0.25, 0.3) is 0 Å². The molecule has 0 aliphatic heterocycles. The molecule has 1 N–H and O–H groups in total. The highest BCUT2D eigenvalue weighted by Gasteiger charge is 2.21. The summed E-state index contributed by atoms with van der Waals surface area (Å²) < 4.78 is 27.3. The lowest BCUT2D eigenvalue weighted by molar-refractivity contribution is 0.385. The Morgan fingerprint density at radius 3 is 2.67 bits per heavy atom. The van der Waals surface area contributed by atoms with E-state index >= 15 is 0 Å². The smallest absolute Gasteiger partial charge is 0.232 e. The minimum atomic E-state index is -3.23. The van der Waals surface area contributed by atoms with E-state index in [2.05, 4.69) is 20.7 Å². The molecule has 0 heterocycles. The molecule has 1 saturated carbocycles. The third kappa shape index (κ3) is 5.99. The Balaban J connectivity index is 1.95. The van der Waals surface area contributed by atoms with Gasteiger partial charge in [-0.1, -0.05) is 47.3 Å². The summed E-state index contributed by atoms with van der Waals surface area (Å²) in [4.78, 5) is 0. The van der Waals surface area contributed by atoms with Gasteiger partial charge in [-0.15, -0.1) is 0 Å². The van der Waals surface area contributed by atoms with Crippen molar-refractivity contribution in [2.24, 2.45) is 5.92 Å². The molecular formula is C16H24BrNO2S. The maximum absolute atomic E-state index is 12.3. The summed E-state index contributed by atoms with van der Waals surface area (Å²) in [6, 6.07) is 7.74. The Labute approximate surface area is 136 Å². The van der Waals surface area contributed by atoms with Crippen LogP contribution in [0.15, 0.2) is 24.3 Å². The number of halogens is 1. The molecule has 21 heavy (non-hydrogen) atoms. The fourth-order valence-electron chi connectivity index (χ4n) is 2.95. The van der Waals surface area contributed by atoms with Crippen LogP contribution in [0.3, 0.4) is 0 Å². The standard InChI is InChI=1S/C16H24BrNO2S/c17-11-5-9-14-8-4-10-16(12-14)18-21(19,20)13-15-6-2-1-3-7-15/h4,8,10,12,15,18H,1-3,5-7,9,11,13H2. The monoisotopic (exact) mass is 373 g/mol. The molecule has 1 aromatic carbocycles. The van der Waals surface area contributed by atoms with Crippen LogP contribution in [0.5, 0.6) is 0 Å². The van der Waals surface area contributed by atoms with Crippen LogP contribution in [0.4, 0.5) is 5.69 Å². The van der Waals surface area contributed by atoms with Crippen molar-refractivity contribution in [2.75, 3.05) is 15.8 Å². The Kier molecular flexibility index (Phi) is 6.55. The van der Waals surface area contributed by atoms with Crippen molar-refractivity contribution >= 4 is 31.6 Å². The van der Waals surface area contributed by atoms with E-state index in [1.165, 1.54) is 24.8 Å². The normalized spacial score (nSPS) is 16.8. The fraction of sp³-hybridized carbons (Fsp3) is 0.625. The third-order valence-electron chi connectivity index (χ3n) is 3.98. The van der Waals surface area contributed by atoms with E-state index in [0.717, 1.165) is 31.0 Å². The van der Waals surface area contributed by atoms with Crippen molar-refractivity contribution in [1.82, 2.24) is 0 Å². The van der Waals surface area contributed by atoms with E-state index in [1.807, 2.05) is 24.3 Å². The highest BCUT2D eigenvalue weighted by Crippen LogP contribution is 2.25. The van der Waals surface area contributed by atoms with Gasteiger partial charge in [0.1, 0.15) is 0 Å². The van der Waals surface area contributed by atoms with Gasteiger partial charge in [-0.2, -0.15) is 0 Å². The second-order valence-electron chi connectivity index (χ2n) is 5.88. The zero-order chi connectivity index (χ0) is 15.1. The molecule has 2 rings (SSSR count). The molecule has 118 valence electrons. The summed E-state index contributed by atoms with van der Waals surface area (Å²) in [6.07, 6.45) is 7.70. The Morgan fingerprint density at radius 1 is 1.19 bits per heavy atom. The largest absolute Gasteiger partial charge is 0.284 e. The summed E-state index contributed by atoms with van der Waals surface area (Å²) in [7, 11) is -3.23. The molecule has 0 radical (unpaired) electrons. The fourth-order valence-corrected chi connectivity index (χ4v) is 4.75. The molecule has 1 aliphatic rings. The van der Waals surface area contributed by atoms with E-state index < -0.39 is 10.0 Å². The number of sulfonamides is 1. The van der Waals surface area contributed by atoms with Crippen molar-refractivity contribution in [3.8, 4) is 0 Å². The number of alkyl halides is 1. The van der Waals surface area contributed by atoms with Crippen LogP contribution in [0.25, 0.3) is 0 Å². The van der Waals surface area contributed by atoms with Gasteiger partial charge in [-0.25, -0.2) is 8.42 Å². The van der Waals surface area contributed by atoms with Crippen LogP contribution in [0, 0.1) is 5.92 Å². The summed E-state index contributed by atoms with van der Waals surface area (Å²) >= 11 is 3.42. The molecule has 0 bridgehead atoms. The molecule has 0 unspecified atom stereocenters. The first-order valence-corrected chi connectivity index (χ1v) is 10.5. The number of benzene rings is 1. The van der Waals surface area contributed by atoms with Gasteiger partial charge >= 0.3 is 0 Å². The first kappa shape index (κ1) is 16.8. The van der Waals surface area contributed by atoms with E-state index in [1.54, 1.807) is 0 Å². The molecular weight excluding hydrogens is 350 g/mol. The SMILES string of the molecule is O=S(=O)(CC1CCCCC1)Nc1cccc(CCCBr)c1. The minimum Gasteiger partial charge on any atom is -0.284 e. The van der Waals surface area contributed by atoms with Crippen LogP contribution in [-0.4, -0.2) is 19.5 Å². The molecule has 1 fully saturated rings. The van der Waals surface area contributed by atoms with E-state index in [4.69, 9.17) is 0 Å². The number of hydrogen-bond acceptors (Lipinski definition) is 2. The quantitative estimate of drug-likeness (QED) is 0.722. The lowest BCUT2D eigenvalue weighted by atomic mass is 9.91. The zero-order valence-electron chi connectivity index (χ0n) is 12.4. The predicted molar refractivity (Wildman–Crippen MR) is 92.5 cm³/mol. The van der Waals surface area contributed by atoms with Crippen molar-refractivity contribution < 1.29 is 8.42 Å². The second kappa shape index (κ2) is 8.18. The molecule has 0 aromatic heterocycles. The molecule has 0 saturated heterocycles. The van der Waals surface area contributed by atoms with Crippen molar-refractivity contribution in [2.45, 2.75) is 44.9 Å². The maximum Gasteiger partial charge on any atom is 0.232 e. The Hall–Kier alpha value is -0.550. The molecule has 3 nitrogen and oxygen atoms in total. The van der Waals surface area contributed by atoms with Crippen molar-refractivity contribution in [1.29, 1.82) is 0 Å². The molecule has 0 spiro atoms. The summed E-state index contributed by atoms with van der Waals surface area (Å²) in [5.74, 6) is 0.589. The molecule has 0 atom stereocenters. The summed E-state index contributed by atoms with van der Waals surface area (Å²) in [6.45, 7) is 0. The van der Waals surface area contributed by atoms with Crippen molar-refractivity contribution in [3.63, 3.8) is 0 Å². The lowest BCUT2D eigenvalue weighted by Crippen LogP contribution is -2.24. The summed E-state index contributed by atoms with van der Waals surface area (Å²) in [5, 5.41) is 0.963. The van der Waals surface area contributed by atoms with E-state index in [0.29, 0.717) is 11.6 Å². The lowest BCUT2D eigenvalue weighted by Gasteiger charge is -2.21. The van der Waals surface area contributed by atoms with Crippen LogP contribution >= 0.6 is 15.9 Å². The number of nitrogens with one attached hydrogen (secondary N) is 1. The van der Waals surface area contributed by atoms with Gasteiger partial charge in [0.05, 0.1) is 5.75 Å². The van der Waals surface area contributed by atoms with Crippen molar-refractivity contribution in [3.05, 3.63) is 29.8 Å². The first-order chi connectivity index (χ1) is 10.1. The molecule has 1 aromatic rings. The molecule has 0 amide bonds. The Morgan fingerprint density at radius 2 is 1.95 bits per heavy atom. The van der Waals surface area contributed by atoms with Gasteiger partial charge in [0.2, 0.25) is 10.0 Å². The Bertz CT molecular complexity index is 539. The van der Waals surface area contributed by atoms with Crippen LogP contribution in [-0.2, 0) is 16.4 Å². The zero-order valence-corrected chi connectivity index (χ0v) is 14.8. The van der Waals surface area contributed by atoms with E-state index in [-0.39, 0.29) is 5.75 Å². The van der Waals surface area contributed by atoms with Crippen LogP contribution in [0.1, 0.15) is 44.1 Å². The number of hydrogen-bond donors (Lipinski definition) is 1. The van der Waals surface area contributed by atoms with Gasteiger partial charge in [-0.3, -0.25) is 4.72 Å². The summed E-state index contributed by atoms with van der Waals surface area (Å²) in [5.41, 5.74) is 1.87. The highest BCUT2D eigenvalue weighted by atomic mass is 79.9.